The molecule has 0 spiro atoms. The van der Waals surface area contributed by atoms with Crippen LogP contribution in [0, 0.1) is 13.8 Å². The molecule has 1 fully saturated rings. The number of aryl methyl sites for hydroxylation is 2. The van der Waals surface area contributed by atoms with Gasteiger partial charge < -0.3 is 19.7 Å². The van der Waals surface area contributed by atoms with Crippen LogP contribution in [0.15, 0.2) is 70.0 Å². The van der Waals surface area contributed by atoms with Crippen molar-refractivity contribution in [2.75, 3.05) is 25.1 Å². The Morgan fingerprint density at radius 1 is 0.933 bits per heavy atom. The zero-order valence-corrected chi connectivity index (χ0v) is 28.9. The maximum absolute atomic E-state index is 14.3. The quantitative estimate of drug-likeness (QED) is 0.243. The van der Waals surface area contributed by atoms with E-state index in [-0.39, 0.29) is 29.1 Å². The molecule has 3 aromatic carbocycles. The molecule has 0 bridgehead atoms. The zero-order valence-electron chi connectivity index (χ0n) is 26.5. The normalized spacial score (nSPS) is 14.4. The number of nitrogens with zero attached hydrogens (tertiary/aromatic N) is 2. The Kier molecular flexibility index (Phi) is 11.5. The molecule has 1 N–H and O–H groups in total. The minimum Gasteiger partial charge on any atom is -0.493 e. The van der Waals surface area contributed by atoms with Crippen molar-refractivity contribution in [1.82, 2.24) is 10.2 Å². The first kappa shape index (κ1) is 34.3. The van der Waals surface area contributed by atoms with E-state index >= 15 is 0 Å². The highest BCUT2D eigenvalue weighted by Gasteiger charge is 2.34. The van der Waals surface area contributed by atoms with Gasteiger partial charge in [-0.25, -0.2) is 8.42 Å². The highest BCUT2D eigenvalue weighted by molar-refractivity contribution is 9.10. The second-order valence-corrected chi connectivity index (χ2v) is 14.3. The molecule has 1 saturated carbocycles. The van der Waals surface area contributed by atoms with Gasteiger partial charge in [0.25, 0.3) is 10.0 Å². The van der Waals surface area contributed by atoms with E-state index < -0.39 is 28.5 Å². The second kappa shape index (κ2) is 15.1. The molecule has 1 aliphatic carbocycles. The molecule has 3 aromatic rings. The van der Waals surface area contributed by atoms with Crippen molar-refractivity contribution in [2.24, 2.45) is 0 Å². The van der Waals surface area contributed by atoms with Crippen LogP contribution in [0.4, 0.5) is 5.69 Å². The Balaban J connectivity index is 1.74. The van der Waals surface area contributed by atoms with Crippen LogP contribution in [0.3, 0.4) is 0 Å². The first-order valence-electron chi connectivity index (χ1n) is 15.1. The summed E-state index contributed by atoms with van der Waals surface area (Å²) in [6, 6.07) is 16.4. The topological polar surface area (TPSA) is 105 Å². The zero-order chi connectivity index (χ0) is 32.7. The number of hydrogen-bond donors (Lipinski definition) is 1. The fraction of sp³-hybridized carbons (Fsp3) is 0.412. The maximum atomic E-state index is 14.3. The lowest BCUT2D eigenvalue weighted by molar-refractivity contribution is -0.139. The van der Waals surface area contributed by atoms with E-state index in [0.29, 0.717) is 11.4 Å². The molecule has 4 rings (SSSR count). The van der Waals surface area contributed by atoms with Gasteiger partial charge >= 0.3 is 0 Å². The highest BCUT2D eigenvalue weighted by atomic mass is 79.9. The predicted molar refractivity (Wildman–Crippen MR) is 179 cm³/mol. The monoisotopic (exact) mass is 699 g/mol. The Labute approximate surface area is 275 Å². The Morgan fingerprint density at radius 2 is 1.60 bits per heavy atom. The number of amides is 2. The number of methoxy groups -OCH3 is 2. The summed E-state index contributed by atoms with van der Waals surface area (Å²) >= 11 is 3.49. The van der Waals surface area contributed by atoms with Crippen molar-refractivity contribution in [2.45, 2.75) is 76.4 Å². The Morgan fingerprint density at radius 3 is 2.22 bits per heavy atom. The molecule has 0 radical (unpaired) electrons. The number of ether oxygens (including phenoxy) is 2. The summed E-state index contributed by atoms with van der Waals surface area (Å²) in [5, 5.41) is 3.13. The number of benzene rings is 3. The summed E-state index contributed by atoms with van der Waals surface area (Å²) < 4.78 is 41.3. The molecule has 9 nitrogen and oxygen atoms in total. The molecule has 0 aliphatic heterocycles. The molecule has 2 amide bonds. The van der Waals surface area contributed by atoms with Gasteiger partial charge in [-0.3, -0.25) is 13.9 Å². The number of sulfonamides is 1. The van der Waals surface area contributed by atoms with Crippen LogP contribution in [0.5, 0.6) is 11.5 Å². The molecule has 0 heterocycles. The fourth-order valence-electron chi connectivity index (χ4n) is 5.71. The Hall–Kier alpha value is -3.57. The third kappa shape index (κ3) is 8.58. The number of halogens is 1. The molecule has 11 heteroatoms. The predicted octanol–water partition coefficient (Wildman–Crippen LogP) is 6.14. The average molecular weight is 701 g/mol. The lowest BCUT2D eigenvalue weighted by atomic mass is 9.95. The second-order valence-electron chi connectivity index (χ2n) is 11.5. The minimum atomic E-state index is -4.28. The molecule has 0 saturated heterocycles. The van der Waals surface area contributed by atoms with Crippen molar-refractivity contribution < 1.29 is 27.5 Å². The molecular weight excluding hydrogens is 658 g/mol. The van der Waals surface area contributed by atoms with Crippen molar-refractivity contribution in [1.29, 1.82) is 0 Å². The largest absolute Gasteiger partial charge is 0.493 e. The standard InChI is InChI=1S/C34H42BrN3O6S/c1-23-16-24(2)18-29(17-23)38(45(41,42)30-14-15-31(43-4)32(20-30)44-5)22-33(39)37(21-26-10-9-11-27(35)19-26)25(3)34(40)36-28-12-7-6-8-13-28/h9-11,14-20,25,28H,6-8,12-13,21-22H2,1-5H3,(H,36,40). The molecule has 0 aromatic heterocycles. The molecule has 1 unspecified atom stereocenters. The summed E-state index contributed by atoms with van der Waals surface area (Å²) in [6.07, 6.45) is 5.07. The van der Waals surface area contributed by atoms with Gasteiger partial charge in [0.15, 0.2) is 11.5 Å². The van der Waals surface area contributed by atoms with Gasteiger partial charge in [0.1, 0.15) is 12.6 Å². The molecule has 1 atom stereocenters. The number of nitrogens with one attached hydrogen (secondary N) is 1. The molecule has 242 valence electrons. The number of carbonyl (C=O) groups is 2. The van der Waals surface area contributed by atoms with Gasteiger partial charge in [-0.2, -0.15) is 0 Å². The van der Waals surface area contributed by atoms with E-state index in [2.05, 4.69) is 21.2 Å². The van der Waals surface area contributed by atoms with Crippen molar-refractivity contribution >= 4 is 43.5 Å². The number of carbonyl (C=O) groups excluding carboxylic acids is 2. The smallest absolute Gasteiger partial charge is 0.264 e. The van der Waals surface area contributed by atoms with Gasteiger partial charge in [0.05, 0.1) is 24.8 Å². The third-order valence-corrected chi connectivity index (χ3v) is 10.3. The fourth-order valence-corrected chi connectivity index (χ4v) is 7.57. The van der Waals surface area contributed by atoms with E-state index in [4.69, 9.17) is 9.47 Å². The van der Waals surface area contributed by atoms with Crippen molar-refractivity contribution in [3.63, 3.8) is 0 Å². The third-order valence-electron chi connectivity index (χ3n) is 8.08. The van der Waals surface area contributed by atoms with E-state index in [9.17, 15) is 18.0 Å². The van der Waals surface area contributed by atoms with Gasteiger partial charge in [-0.05, 0) is 86.7 Å². The van der Waals surface area contributed by atoms with E-state index in [1.807, 2.05) is 44.2 Å². The molecular formula is C34H42BrN3O6S. The average Bonchev–Trinajstić information content (AvgIpc) is 3.01. The minimum absolute atomic E-state index is 0.0614. The summed E-state index contributed by atoms with van der Waals surface area (Å²) in [7, 11) is -1.38. The summed E-state index contributed by atoms with van der Waals surface area (Å²) in [5.74, 6) is -0.145. The SMILES string of the molecule is COc1ccc(S(=O)(=O)N(CC(=O)N(Cc2cccc(Br)c2)C(C)C(=O)NC2CCCCC2)c2cc(C)cc(C)c2)cc1OC. The van der Waals surface area contributed by atoms with E-state index in [1.165, 1.54) is 37.3 Å². The van der Waals surface area contributed by atoms with Crippen LogP contribution in [0.25, 0.3) is 0 Å². The molecule has 1 aliphatic rings. The van der Waals surface area contributed by atoms with Crippen LogP contribution in [0.1, 0.15) is 55.7 Å². The van der Waals surface area contributed by atoms with Crippen LogP contribution in [-0.2, 0) is 26.2 Å². The number of rotatable bonds is 12. The maximum Gasteiger partial charge on any atom is 0.264 e. The van der Waals surface area contributed by atoms with Gasteiger partial charge in [0, 0.05) is 23.1 Å². The van der Waals surface area contributed by atoms with Crippen LogP contribution in [0.2, 0.25) is 0 Å². The summed E-state index contributed by atoms with van der Waals surface area (Å²) in [6.45, 7) is 5.04. The first-order valence-corrected chi connectivity index (χ1v) is 17.3. The number of anilines is 1. The van der Waals surface area contributed by atoms with Crippen LogP contribution >= 0.6 is 15.9 Å². The lowest BCUT2D eigenvalue weighted by Crippen LogP contribution is -2.53. The van der Waals surface area contributed by atoms with Gasteiger partial charge in [0.2, 0.25) is 11.8 Å². The number of hydrogen-bond acceptors (Lipinski definition) is 6. The van der Waals surface area contributed by atoms with Crippen molar-refractivity contribution in [3.8, 4) is 11.5 Å². The van der Waals surface area contributed by atoms with E-state index in [0.717, 1.165) is 57.6 Å². The van der Waals surface area contributed by atoms with Crippen molar-refractivity contribution in [3.05, 3.63) is 81.8 Å². The van der Waals surface area contributed by atoms with Crippen LogP contribution < -0.4 is 19.1 Å². The van der Waals surface area contributed by atoms with E-state index in [1.54, 1.807) is 19.1 Å². The highest BCUT2D eigenvalue weighted by Crippen LogP contribution is 2.33. The lowest BCUT2D eigenvalue weighted by Gasteiger charge is -2.33. The molecule has 45 heavy (non-hydrogen) atoms. The van der Waals surface area contributed by atoms with Gasteiger partial charge in [-0.1, -0.05) is 53.4 Å². The summed E-state index contributed by atoms with van der Waals surface area (Å²) in [5.41, 5.74) is 2.83. The van der Waals surface area contributed by atoms with Crippen LogP contribution in [-0.4, -0.2) is 58.0 Å². The van der Waals surface area contributed by atoms with Gasteiger partial charge in [-0.15, -0.1) is 0 Å². The summed E-state index contributed by atoms with van der Waals surface area (Å²) in [4.78, 5) is 29.2. The first-order chi connectivity index (χ1) is 21.4. The Bertz CT molecular complexity index is 1600.